The number of hydrogen-bond acceptors (Lipinski definition) is 3. The van der Waals surface area contributed by atoms with Gasteiger partial charge in [-0.1, -0.05) is 19.3 Å². The largest absolute Gasteiger partial charge is 0.490 e. The van der Waals surface area contributed by atoms with Crippen LogP contribution in [0.1, 0.15) is 32.1 Å². The molecule has 2 aromatic rings. The third-order valence-corrected chi connectivity index (χ3v) is 4.05. The van der Waals surface area contributed by atoms with E-state index in [-0.39, 0.29) is 17.1 Å². The van der Waals surface area contributed by atoms with Crippen molar-refractivity contribution in [2.24, 2.45) is 5.92 Å². The minimum Gasteiger partial charge on any atom is -0.490 e. The molecule has 1 fully saturated rings. The number of benzene rings is 1. The van der Waals surface area contributed by atoms with Crippen LogP contribution in [-0.2, 0) is 0 Å². The minimum atomic E-state index is -0.972. The molecule has 1 aromatic heterocycles. The van der Waals surface area contributed by atoms with Gasteiger partial charge in [0, 0.05) is 12.4 Å². The number of rotatable bonds is 4. The summed E-state index contributed by atoms with van der Waals surface area (Å²) in [6.07, 6.45) is 8.82. The Kier molecular flexibility index (Phi) is 4.61. The van der Waals surface area contributed by atoms with Crippen LogP contribution in [0, 0.1) is 17.6 Å². The van der Waals surface area contributed by atoms with E-state index in [1.807, 2.05) is 0 Å². The average molecular weight is 304 g/mol. The summed E-state index contributed by atoms with van der Waals surface area (Å²) in [5.74, 6) is -1.37. The molecule has 0 radical (unpaired) electrons. The molecule has 0 bridgehead atoms. The van der Waals surface area contributed by atoms with Crippen molar-refractivity contribution in [1.82, 2.24) is 9.97 Å². The highest BCUT2D eigenvalue weighted by atomic mass is 19.2. The molecule has 0 saturated heterocycles. The first-order chi connectivity index (χ1) is 10.8. The van der Waals surface area contributed by atoms with Crippen molar-refractivity contribution in [2.45, 2.75) is 32.1 Å². The first-order valence-electron chi connectivity index (χ1n) is 7.64. The first-order valence-corrected chi connectivity index (χ1v) is 7.64. The Balaban J connectivity index is 1.75. The van der Waals surface area contributed by atoms with Gasteiger partial charge < -0.3 is 4.74 Å². The molecule has 3 nitrogen and oxygen atoms in total. The molecule has 1 aliphatic rings. The van der Waals surface area contributed by atoms with Crippen molar-refractivity contribution in [1.29, 1.82) is 0 Å². The van der Waals surface area contributed by atoms with Crippen molar-refractivity contribution in [3.63, 3.8) is 0 Å². The zero-order chi connectivity index (χ0) is 15.4. The van der Waals surface area contributed by atoms with Crippen LogP contribution in [0.5, 0.6) is 5.75 Å². The fraction of sp³-hybridized carbons (Fsp3) is 0.412. The Hall–Kier alpha value is -2.04. The SMILES string of the molecule is Fc1c(OCC2CCCCC2)ccc(-c2ncccn2)c1F. The molecule has 0 amide bonds. The fourth-order valence-corrected chi connectivity index (χ4v) is 2.82. The predicted molar refractivity (Wildman–Crippen MR) is 79.5 cm³/mol. The molecule has 116 valence electrons. The molecule has 0 atom stereocenters. The van der Waals surface area contributed by atoms with E-state index in [1.165, 1.54) is 43.8 Å². The van der Waals surface area contributed by atoms with Crippen LogP contribution >= 0.6 is 0 Å². The predicted octanol–water partition coefficient (Wildman–Crippen LogP) is 4.38. The van der Waals surface area contributed by atoms with Gasteiger partial charge in [0.15, 0.2) is 17.4 Å². The van der Waals surface area contributed by atoms with Crippen LogP contribution in [-0.4, -0.2) is 16.6 Å². The van der Waals surface area contributed by atoms with Gasteiger partial charge in [-0.2, -0.15) is 4.39 Å². The fourth-order valence-electron chi connectivity index (χ4n) is 2.82. The van der Waals surface area contributed by atoms with E-state index < -0.39 is 11.6 Å². The van der Waals surface area contributed by atoms with Crippen molar-refractivity contribution < 1.29 is 13.5 Å². The second-order valence-electron chi connectivity index (χ2n) is 5.63. The zero-order valence-corrected chi connectivity index (χ0v) is 12.3. The number of aromatic nitrogens is 2. The van der Waals surface area contributed by atoms with Gasteiger partial charge in [0.2, 0.25) is 5.82 Å². The highest BCUT2D eigenvalue weighted by Gasteiger charge is 2.19. The molecular weight excluding hydrogens is 286 g/mol. The maximum Gasteiger partial charge on any atom is 0.201 e. The summed E-state index contributed by atoms with van der Waals surface area (Å²) in [6.45, 7) is 0.442. The third-order valence-electron chi connectivity index (χ3n) is 4.05. The lowest BCUT2D eigenvalue weighted by Gasteiger charge is -2.21. The van der Waals surface area contributed by atoms with Crippen molar-refractivity contribution in [2.75, 3.05) is 6.61 Å². The van der Waals surface area contributed by atoms with E-state index in [1.54, 1.807) is 6.07 Å². The highest BCUT2D eigenvalue weighted by Crippen LogP contribution is 2.29. The molecular formula is C17H18F2N2O. The van der Waals surface area contributed by atoms with Gasteiger partial charge >= 0.3 is 0 Å². The molecule has 1 saturated carbocycles. The summed E-state index contributed by atoms with van der Waals surface area (Å²) in [6, 6.07) is 4.54. The monoisotopic (exact) mass is 304 g/mol. The highest BCUT2D eigenvalue weighted by molar-refractivity contribution is 5.57. The van der Waals surface area contributed by atoms with Gasteiger partial charge in [-0.25, -0.2) is 14.4 Å². The minimum absolute atomic E-state index is 0.0391. The summed E-state index contributed by atoms with van der Waals surface area (Å²) in [4.78, 5) is 7.88. The topological polar surface area (TPSA) is 35.0 Å². The van der Waals surface area contributed by atoms with Gasteiger partial charge in [0.05, 0.1) is 12.2 Å². The Morgan fingerprint density at radius 1 is 1.00 bits per heavy atom. The summed E-state index contributed by atoms with van der Waals surface area (Å²) < 4.78 is 33.8. The molecule has 22 heavy (non-hydrogen) atoms. The molecule has 3 rings (SSSR count). The third kappa shape index (κ3) is 3.24. The van der Waals surface area contributed by atoms with E-state index >= 15 is 0 Å². The van der Waals surface area contributed by atoms with Gasteiger partial charge in [-0.3, -0.25) is 0 Å². The van der Waals surface area contributed by atoms with E-state index in [9.17, 15) is 8.78 Å². The second kappa shape index (κ2) is 6.81. The van der Waals surface area contributed by atoms with Crippen LogP contribution in [0.2, 0.25) is 0 Å². The Morgan fingerprint density at radius 2 is 1.73 bits per heavy atom. The molecule has 0 N–H and O–H groups in total. The Morgan fingerprint density at radius 3 is 2.45 bits per heavy atom. The number of ether oxygens (including phenoxy) is 1. The molecule has 5 heteroatoms. The van der Waals surface area contributed by atoms with Gasteiger partial charge in [-0.15, -0.1) is 0 Å². The molecule has 0 aliphatic heterocycles. The normalized spacial score (nSPS) is 15.7. The van der Waals surface area contributed by atoms with Crippen LogP contribution in [0.15, 0.2) is 30.6 Å². The quantitative estimate of drug-likeness (QED) is 0.840. The van der Waals surface area contributed by atoms with Gasteiger partial charge in [0.25, 0.3) is 0 Å². The molecule has 0 unspecified atom stereocenters. The standard InChI is InChI=1S/C17H18F2N2O/c18-15-13(17-20-9-4-10-21-17)7-8-14(16(15)19)22-11-12-5-2-1-3-6-12/h4,7-10,12H,1-3,5-6,11H2. The van der Waals surface area contributed by atoms with E-state index in [2.05, 4.69) is 9.97 Å². The molecule has 1 aliphatic carbocycles. The van der Waals surface area contributed by atoms with Gasteiger partial charge in [-0.05, 0) is 37.0 Å². The Labute approximate surface area is 128 Å². The number of halogens is 2. The zero-order valence-electron chi connectivity index (χ0n) is 12.3. The van der Waals surface area contributed by atoms with E-state index in [0.717, 1.165) is 12.8 Å². The summed E-state index contributed by atoms with van der Waals surface area (Å²) >= 11 is 0. The van der Waals surface area contributed by atoms with Crippen LogP contribution < -0.4 is 4.74 Å². The van der Waals surface area contributed by atoms with Crippen LogP contribution in [0.25, 0.3) is 11.4 Å². The Bertz CT molecular complexity index is 628. The molecule has 1 aromatic carbocycles. The summed E-state index contributed by atoms with van der Waals surface area (Å²) in [7, 11) is 0. The number of hydrogen-bond donors (Lipinski definition) is 0. The number of nitrogens with zero attached hydrogens (tertiary/aromatic N) is 2. The van der Waals surface area contributed by atoms with E-state index in [4.69, 9.17) is 4.74 Å². The average Bonchev–Trinajstić information content (AvgIpc) is 2.58. The van der Waals surface area contributed by atoms with Crippen molar-refractivity contribution >= 4 is 0 Å². The summed E-state index contributed by atoms with van der Waals surface area (Å²) in [5, 5.41) is 0. The smallest absolute Gasteiger partial charge is 0.201 e. The lowest BCUT2D eigenvalue weighted by Crippen LogP contribution is -2.16. The van der Waals surface area contributed by atoms with Gasteiger partial charge in [0.1, 0.15) is 0 Å². The van der Waals surface area contributed by atoms with Crippen molar-refractivity contribution in [3.8, 4) is 17.1 Å². The van der Waals surface area contributed by atoms with Crippen LogP contribution in [0.3, 0.4) is 0 Å². The maximum atomic E-state index is 14.2. The molecule has 0 spiro atoms. The lowest BCUT2D eigenvalue weighted by atomic mass is 9.90. The maximum absolute atomic E-state index is 14.2. The molecule has 1 heterocycles. The van der Waals surface area contributed by atoms with Crippen molar-refractivity contribution in [3.05, 3.63) is 42.2 Å². The first kappa shape index (κ1) is 14.9. The van der Waals surface area contributed by atoms with E-state index in [0.29, 0.717) is 12.5 Å². The lowest BCUT2D eigenvalue weighted by molar-refractivity contribution is 0.200. The van der Waals surface area contributed by atoms with Crippen LogP contribution in [0.4, 0.5) is 8.78 Å². The second-order valence-corrected chi connectivity index (χ2v) is 5.63. The summed E-state index contributed by atoms with van der Waals surface area (Å²) in [5.41, 5.74) is 0.0446.